The Morgan fingerprint density at radius 2 is 1.46 bits per heavy atom. The average molecular weight is 409 g/mol. The Morgan fingerprint density at radius 3 is 1.88 bits per heavy atom. The molecule has 0 saturated heterocycles. The first kappa shape index (κ1) is 24.0. The predicted octanol–water partition coefficient (Wildman–Crippen LogP) is -3.39. The number of thiol groups is 2. The smallest absolute Gasteiger partial charge is 0.327 e. The Morgan fingerprint density at radius 1 is 0.923 bits per heavy atom. The van der Waals surface area contributed by atoms with Crippen molar-refractivity contribution in [3.63, 3.8) is 0 Å². The van der Waals surface area contributed by atoms with E-state index in [0.29, 0.717) is 0 Å². The summed E-state index contributed by atoms with van der Waals surface area (Å²) < 4.78 is 0. The Hall–Kier alpha value is -1.99. The minimum absolute atomic E-state index is 0.00978. The van der Waals surface area contributed by atoms with E-state index in [9.17, 15) is 24.0 Å². The maximum Gasteiger partial charge on any atom is 0.327 e. The van der Waals surface area contributed by atoms with Crippen molar-refractivity contribution in [3.05, 3.63) is 0 Å². The number of nitrogens with two attached hydrogens (primary N) is 2. The van der Waals surface area contributed by atoms with E-state index in [1.54, 1.807) is 0 Å². The van der Waals surface area contributed by atoms with Crippen molar-refractivity contribution >= 4 is 54.9 Å². The zero-order valence-electron chi connectivity index (χ0n) is 14.0. The van der Waals surface area contributed by atoms with Gasteiger partial charge in [0.25, 0.3) is 0 Å². The van der Waals surface area contributed by atoms with Crippen molar-refractivity contribution in [2.24, 2.45) is 11.5 Å². The molecule has 148 valence electrons. The van der Waals surface area contributed by atoms with E-state index in [2.05, 4.69) is 41.2 Å². The lowest BCUT2D eigenvalue weighted by atomic mass is 10.1. The summed E-state index contributed by atoms with van der Waals surface area (Å²) in [5.41, 5.74) is 10.5. The van der Waals surface area contributed by atoms with Crippen LogP contribution >= 0.6 is 25.3 Å². The zero-order valence-corrected chi connectivity index (χ0v) is 15.8. The van der Waals surface area contributed by atoms with Crippen molar-refractivity contribution in [1.29, 1.82) is 0 Å². The number of carboxylic acid groups (broad SMARTS) is 1. The Balaban J connectivity index is 4.95. The number of carbonyl (C=O) groups is 5. The molecule has 0 heterocycles. The Labute approximate surface area is 160 Å². The first-order valence-corrected chi connectivity index (χ1v) is 8.69. The summed E-state index contributed by atoms with van der Waals surface area (Å²) in [6.07, 6.45) is -0.514. The molecule has 0 aliphatic carbocycles. The minimum atomic E-state index is -1.35. The highest BCUT2D eigenvalue weighted by molar-refractivity contribution is 7.80. The monoisotopic (exact) mass is 409 g/mol. The van der Waals surface area contributed by atoms with Crippen LogP contribution in [0.1, 0.15) is 13.3 Å². The topological polar surface area (TPSA) is 194 Å². The van der Waals surface area contributed by atoms with Crippen molar-refractivity contribution in [2.45, 2.75) is 37.5 Å². The molecule has 0 aliphatic heterocycles. The number of hydrogen-bond donors (Lipinski definition) is 8. The third kappa shape index (κ3) is 8.40. The van der Waals surface area contributed by atoms with E-state index < -0.39 is 60.2 Å². The second-order valence-corrected chi connectivity index (χ2v) is 6.06. The van der Waals surface area contributed by atoms with Gasteiger partial charge in [0.2, 0.25) is 23.6 Å². The third-order valence-electron chi connectivity index (χ3n) is 3.12. The molecule has 0 aromatic carbocycles. The molecule has 4 unspecified atom stereocenters. The van der Waals surface area contributed by atoms with Gasteiger partial charge in [-0.1, -0.05) is 0 Å². The van der Waals surface area contributed by atoms with E-state index in [-0.39, 0.29) is 11.5 Å². The summed E-state index contributed by atoms with van der Waals surface area (Å²) in [4.78, 5) is 57.9. The molecule has 4 amide bonds. The molecule has 0 saturated carbocycles. The summed E-state index contributed by atoms with van der Waals surface area (Å²) in [5, 5.41) is 15.6. The molecule has 0 fully saturated rings. The van der Waals surface area contributed by atoms with Crippen LogP contribution in [0.4, 0.5) is 0 Å². The molecule has 0 aromatic heterocycles. The van der Waals surface area contributed by atoms with Gasteiger partial charge in [-0.05, 0) is 6.92 Å². The van der Waals surface area contributed by atoms with Crippen LogP contribution < -0.4 is 27.4 Å². The van der Waals surface area contributed by atoms with Crippen molar-refractivity contribution in [1.82, 2.24) is 16.0 Å². The van der Waals surface area contributed by atoms with E-state index in [1.807, 2.05) is 0 Å². The van der Waals surface area contributed by atoms with Gasteiger partial charge in [0, 0.05) is 11.5 Å². The fraction of sp³-hybridized carbons (Fsp3) is 0.615. The number of carbonyl (C=O) groups excluding carboxylic acids is 4. The number of primary amides is 1. The van der Waals surface area contributed by atoms with Gasteiger partial charge in [-0.15, -0.1) is 0 Å². The maximum absolute atomic E-state index is 12.2. The first-order chi connectivity index (χ1) is 12.0. The van der Waals surface area contributed by atoms with Gasteiger partial charge in [0.1, 0.15) is 18.1 Å². The summed E-state index contributed by atoms with van der Waals surface area (Å²) in [6.45, 7) is 1.30. The molecule has 11 nitrogen and oxygen atoms in total. The largest absolute Gasteiger partial charge is 0.480 e. The molecule has 0 aliphatic rings. The molecular formula is C13H23N5O6S2. The highest BCUT2D eigenvalue weighted by Gasteiger charge is 2.28. The van der Waals surface area contributed by atoms with Gasteiger partial charge in [0.05, 0.1) is 12.5 Å². The van der Waals surface area contributed by atoms with Gasteiger partial charge < -0.3 is 32.5 Å². The van der Waals surface area contributed by atoms with Crippen molar-refractivity contribution in [3.8, 4) is 0 Å². The van der Waals surface area contributed by atoms with Gasteiger partial charge in [-0.2, -0.15) is 25.3 Å². The van der Waals surface area contributed by atoms with Crippen LogP contribution in [-0.2, 0) is 24.0 Å². The van der Waals surface area contributed by atoms with E-state index in [1.165, 1.54) is 6.92 Å². The van der Waals surface area contributed by atoms with Gasteiger partial charge in [0.15, 0.2) is 0 Å². The number of hydrogen-bond acceptors (Lipinski definition) is 8. The summed E-state index contributed by atoms with van der Waals surface area (Å²) >= 11 is 7.66. The van der Waals surface area contributed by atoms with E-state index >= 15 is 0 Å². The van der Waals surface area contributed by atoms with Gasteiger partial charge in [-0.3, -0.25) is 19.2 Å². The molecule has 4 atom stereocenters. The van der Waals surface area contributed by atoms with E-state index in [0.717, 1.165) is 0 Å². The van der Waals surface area contributed by atoms with E-state index in [4.69, 9.17) is 16.6 Å². The molecule has 26 heavy (non-hydrogen) atoms. The normalized spacial score (nSPS) is 15.1. The van der Waals surface area contributed by atoms with Crippen molar-refractivity contribution < 1.29 is 29.1 Å². The number of amides is 4. The molecule has 0 radical (unpaired) electrons. The standard InChI is InChI=1S/C13H23N5O6S2/c1-5(10(20)18-8(4-26)13(23)24)16-12(22)7(2-9(15)19)17-11(21)6(14)3-25/h5-8,25-26H,2-4,14H2,1H3,(H2,15,19)(H,16,22)(H,17,21)(H,18,20)(H,23,24). The molecule has 0 aromatic rings. The molecule has 8 N–H and O–H groups in total. The summed E-state index contributed by atoms with van der Waals surface area (Å²) in [5.74, 6) is -4.64. The number of nitrogens with one attached hydrogen (secondary N) is 3. The molecule has 0 rings (SSSR count). The SMILES string of the molecule is CC(NC(=O)C(CC(N)=O)NC(=O)C(N)CS)C(=O)NC(CS)C(=O)O. The quantitative estimate of drug-likeness (QED) is 0.163. The summed E-state index contributed by atoms with van der Waals surface area (Å²) in [6, 6.07) is -4.73. The minimum Gasteiger partial charge on any atom is -0.480 e. The second kappa shape index (κ2) is 11.6. The van der Waals surface area contributed by atoms with Crippen LogP contribution in [0.15, 0.2) is 0 Å². The predicted molar refractivity (Wildman–Crippen MR) is 98.6 cm³/mol. The Bertz CT molecular complexity index is 561. The van der Waals surface area contributed by atoms with Crippen LogP contribution in [0.2, 0.25) is 0 Å². The highest BCUT2D eigenvalue weighted by atomic mass is 32.1. The van der Waals surface area contributed by atoms with Gasteiger partial charge >= 0.3 is 5.97 Å². The lowest BCUT2D eigenvalue weighted by Gasteiger charge is -2.22. The van der Waals surface area contributed by atoms with Crippen LogP contribution in [0.3, 0.4) is 0 Å². The van der Waals surface area contributed by atoms with Crippen LogP contribution in [0, 0.1) is 0 Å². The second-order valence-electron chi connectivity index (χ2n) is 5.33. The van der Waals surface area contributed by atoms with Gasteiger partial charge in [-0.25, -0.2) is 4.79 Å². The maximum atomic E-state index is 12.2. The molecule has 13 heteroatoms. The van der Waals surface area contributed by atoms with Crippen molar-refractivity contribution in [2.75, 3.05) is 11.5 Å². The Kier molecular flexibility index (Phi) is 10.7. The zero-order chi connectivity index (χ0) is 20.4. The average Bonchev–Trinajstić information content (AvgIpc) is 2.56. The highest BCUT2D eigenvalue weighted by Crippen LogP contribution is 1.97. The molecule has 0 bridgehead atoms. The van der Waals surface area contributed by atoms with Crippen LogP contribution in [0.25, 0.3) is 0 Å². The molecular weight excluding hydrogens is 386 g/mol. The lowest BCUT2D eigenvalue weighted by molar-refractivity contribution is -0.141. The van der Waals surface area contributed by atoms with Crippen LogP contribution in [0.5, 0.6) is 0 Å². The number of aliphatic carboxylic acids is 1. The number of rotatable bonds is 11. The third-order valence-corrected chi connectivity index (χ3v) is 3.88. The fourth-order valence-electron chi connectivity index (χ4n) is 1.63. The molecule has 0 spiro atoms. The fourth-order valence-corrected chi connectivity index (χ4v) is 2.05. The lowest BCUT2D eigenvalue weighted by Crippen LogP contribution is -2.57. The van der Waals surface area contributed by atoms with Crippen LogP contribution in [-0.4, -0.2) is 70.4 Å². The first-order valence-electron chi connectivity index (χ1n) is 7.43. The number of carboxylic acids is 1. The summed E-state index contributed by atoms with van der Waals surface area (Å²) in [7, 11) is 0.